The zero-order valence-electron chi connectivity index (χ0n) is 11.4. The number of thiocarbonyl (C=S) groups is 1. The topological polar surface area (TPSA) is 72.2 Å². The SMILES string of the molecule is NC(=S)Cc1ccc(S(=O)(=O)NCC2CSCCS2)cc1. The number of sulfonamides is 1. The minimum absolute atomic E-state index is 0.280. The normalized spacial score (nSPS) is 19.3. The highest BCUT2D eigenvalue weighted by molar-refractivity contribution is 8.06. The van der Waals surface area contributed by atoms with Crippen molar-refractivity contribution in [2.24, 2.45) is 5.73 Å². The van der Waals surface area contributed by atoms with Crippen LogP contribution in [0.4, 0.5) is 0 Å². The molecule has 0 saturated carbocycles. The smallest absolute Gasteiger partial charge is 0.240 e. The van der Waals surface area contributed by atoms with Gasteiger partial charge in [-0.25, -0.2) is 13.1 Å². The number of hydrogen-bond donors (Lipinski definition) is 2. The summed E-state index contributed by atoms with van der Waals surface area (Å²) in [5, 5.41) is 0.354. The van der Waals surface area contributed by atoms with Crippen molar-refractivity contribution in [1.82, 2.24) is 4.72 Å². The highest BCUT2D eigenvalue weighted by Gasteiger charge is 2.19. The van der Waals surface area contributed by atoms with E-state index >= 15 is 0 Å². The van der Waals surface area contributed by atoms with Crippen LogP contribution in [0.1, 0.15) is 5.56 Å². The van der Waals surface area contributed by atoms with Gasteiger partial charge in [-0.05, 0) is 17.7 Å². The number of nitrogens with one attached hydrogen (secondary N) is 1. The lowest BCUT2D eigenvalue weighted by atomic mass is 10.1. The molecule has 4 nitrogen and oxygen atoms in total. The Morgan fingerprint density at radius 1 is 1.33 bits per heavy atom. The van der Waals surface area contributed by atoms with Crippen molar-refractivity contribution >= 4 is 50.8 Å². The molecule has 116 valence electrons. The van der Waals surface area contributed by atoms with Crippen molar-refractivity contribution in [3.63, 3.8) is 0 Å². The van der Waals surface area contributed by atoms with Crippen LogP contribution in [0, 0.1) is 0 Å². The Hall–Kier alpha value is -0.280. The van der Waals surface area contributed by atoms with E-state index in [9.17, 15) is 8.42 Å². The maximum atomic E-state index is 12.2. The van der Waals surface area contributed by atoms with Crippen LogP contribution in [0.2, 0.25) is 0 Å². The molecule has 0 bridgehead atoms. The van der Waals surface area contributed by atoms with Crippen LogP contribution in [-0.4, -0.2) is 42.5 Å². The standard InChI is InChI=1S/C13H18N2O2S4/c14-13(18)7-10-1-3-12(4-2-10)21(16,17)15-8-11-9-19-5-6-20-11/h1-4,11,15H,5-9H2,(H2,14,18). The Morgan fingerprint density at radius 2 is 2.05 bits per heavy atom. The summed E-state index contributed by atoms with van der Waals surface area (Å²) in [4.78, 5) is 0.679. The van der Waals surface area contributed by atoms with Crippen molar-refractivity contribution in [2.75, 3.05) is 23.8 Å². The van der Waals surface area contributed by atoms with E-state index in [0.29, 0.717) is 23.2 Å². The molecular formula is C13H18N2O2S4. The Bertz CT molecular complexity index is 581. The molecule has 1 heterocycles. The molecule has 8 heteroatoms. The highest BCUT2D eigenvalue weighted by Crippen LogP contribution is 2.23. The van der Waals surface area contributed by atoms with Crippen LogP contribution in [-0.2, 0) is 16.4 Å². The first-order chi connectivity index (χ1) is 9.97. The van der Waals surface area contributed by atoms with E-state index in [1.807, 2.05) is 23.5 Å². The highest BCUT2D eigenvalue weighted by atomic mass is 32.2. The fraction of sp³-hybridized carbons (Fsp3) is 0.462. The van der Waals surface area contributed by atoms with Crippen LogP contribution in [0.15, 0.2) is 29.2 Å². The summed E-state index contributed by atoms with van der Waals surface area (Å²) in [6.07, 6.45) is 0.485. The van der Waals surface area contributed by atoms with Gasteiger partial charge in [-0.15, -0.1) is 0 Å². The van der Waals surface area contributed by atoms with Gasteiger partial charge >= 0.3 is 0 Å². The van der Waals surface area contributed by atoms with Gasteiger partial charge in [0.05, 0.1) is 9.88 Å². The van der Waals surface area contributed by atoms with Gasteiger partial charge in [0.1, 0.15) is 0 Å². The maximum absolute atomic E-state index is 12.2. The van der Waals surface area contributed by atoms with Crippen molar-refractivity contribution in [3.8, 4) is 0 Å². The third-order valence-corrected chi connectivity index (χ3v) is 7.43. The lowest BCUT2D eigenvalue weighted by Crippen LogP contribution is -2.33. The molecule has 21 heavy (non-hydrogen) atoms. The van der Waals surface area contributed by atoms with E-state index < -0.39 is 10.0 Å². The molecule has 3 N–H and O–H groups in total. The zero-order valence-corrected chi connectivity index (χ0v) is 14.7. The Kier molecular flexibility index (Phi) is 6.36. The molecule has 1 aliphatic rings. The quantitative estimate of drug-likeness (QED) is 0.750. The predicted molar refractivity (Wildman–Crippen MR) is 95.7 cm³/mol. The van der Waals surface area contributed by atoms with Gasteiger partial charge in [0.2, 0.25) is 10.0 Å². The molecule has 1 saturated heterocycles. The molecule has 1 aromatic carbocycles. The Labute approximate surface area is 139 Å². The first-order valence-electron chi connectivity index (χ1n) is 6.53. The lowest BCUT2D eigenvalue weighted by Gasteiger charge is -2.21. The molecule has 0 radical (unpaired) electrons. The summed E-state index contributed by atoms with van der Waals surface area (Å²) < 4.78 is 27.2. The van der Waals surface area contributed by atoms with Crippen molar-refractivity contribution in [1.29, 1.82) is 0 Å². The Balaban J connectivity index is 1.96. The van der Waals surface area contributed by atoms with Gasteiger partial charge in [-0.3, -0.25) is 0 Å². The molecule has 1 unspecified atom stereocenters. The van der Waals surface area contributed by atoms with E-state index in [0.717, 1.165) is 22.8 Å². The third kappa shape index (κ3) is 5.45. The van der Waals surface area contributed by atoms with Gasteiger partial charge in [0, 0.05) is 35.5 Å². The molecule has 0 aliphatic carbocycles. The second kappa shape index (κ2) is 7.82. The fourth-order valence-electron chi connectivity index (χ4n) is 1.93. The third-order valence-electron chi connectivity index (χ3n) is 3.00. The first kappa shape index (κ1) is 17.1. The molecule has 1 atom stereocenters. The molecule has 1 fully saturated rings. The fourth-order valence-corrected chi connectivity index (χ4v) is 5.89. The summed E-state index contributed by atoms with van der Waals surface area (Å²) in [5.41, 5.74) is 6.39. The number of hydrogen-bond acceptors (Lipinski definition) is 5. The number of nitrogens with two attached hydrogens (primary N) is 1. The molecule has 0 amide bonds. The molecule has 2 rings (SSSR count). The van der Waals surface area contributed by atoms with E-state index in [1.54, 1.807) is 24.3 Å². The monoisotopic (exact) mass is 362 g/mol. The summed E-state index contributed by atoms with van der Waals surface area (Å²) in [5.74, 6) is 3.24. The van der Waals surface area contributed by atoms with Crippen LogP contribution >= 0.6 is 35.7 Å². The summed E-state index contributed by atoms with van der Waals surface area (Å²) in [6.45, 7) is 0.481. The summed E-state index contributed by atoms with van der Waals surface area (Å²) in [7, 11) is -3.44. The number of thioether (sulfide) groups is 2. The molecule has 1 aromatic rings. The lowest BCUT2D eigenvalue weighted by molar-refractivity contribution is 0.581. The molecule has 0 aromatic heterocycles. The number of benzene rings is 1. The van der Waals surface area contributed by atoms with E-state index in [4.69, 9.17) is 18.0 Å². The van der Waals surface area contributed by atoms with Crippen LogP contribution in [0.25, 0.3) is 0 Å². The van der Waals surface area contributed by atoms with E-state index in [-0.39, 0.29) is 4.90 Å². The van der Waals surface area contributed by atoms with Gasteiger partial charge in [0.25, 0.3) is 0 Å². The first-order valence-corrected chi connectivity index (χ1v) is 10.6. The van der Waals surface area contributed by atoms with Gasteiger partial charge in [-0.1, -0.05) is 24.4 Å². The van der Waals surface area contributed by atoms with Crippen molar-refractivity contribution in [3.05, 3.63) is 29.8 Å². The minimum atomic E-state index is -3.44. The number of rotatable bonds is 6. The largest absolute Gasteiger partial charge is 0.393 e. The average Bonchev–Trinajstić information content (AvgIpc) is 2.46. The zero-order chi connectivity index (χ0) is 15.3. The second-order valence-corrected chi connectivity index (χ2v) is 9.56. The average molecular weight is 363 g/mol. The summed E-state index contributed by atoms with van der Waals surface area (Å²) >= 11 is 8.55. The second-order valence-electron chi connectivity index (χ2n) is 4.71. The van der Waals surface area contributed by atoms with E-state index in [2.05, 4.69) is 4.72 Å². The van der Waals surface area contributed by atoms with Crippen molar-refractivity contribution < 1.29 is 8.42 Å². The Morgan fingerprint density at radius 3 is 2.62 bits per heavy atom. The van der Waals surface area contributed by atoms with Crippen LogP contribution < -0.4 is 10.5 Å². The maximum Gasteiger partial charge on any atom is 0.240 e. The van der Waals surface area contributed by atoms with Gasteiger partial charge in [0.15, 0.2) is 0 Å². The van der Waals surface area contributed by atoms with Gasteiger partial charge in [-0.2, -0.15) is 23.5 Å². The molecule has 0 spiro atoms. The predicted octanol–water partition coefficient (Wildman–Crippen LogP) is 1.64. The molecular weight excluding hydrogens is 344 g/mol. The van der Waals surface area contributed by atoms with Crippen molar-refractivity contribution in [2.45, 2.75) is 16.6 Å². The minimum Gasteiger partial charge on any atom is -0.393 e. The van der Waals surface area contributed by atoms with Crippen LogP contribution in [0.5, 0.6) is 0 Å². The van der Waals surface area contributed by atoms with E-state index in [1.165, 1.54) is 0 Å². The molecule has 1 aliphatic heterocycles. The van der Waals surface area contributed by atoms with Crippen LogP contribution in [0.3, 0.4) is 0 Å². The van der Waals surface area contributed by atoms with Gasteiger partial charge < -0.3 is 5.73 Å². The summed E-state index contributed by atoms with van der Waals surface area (Å²) in [6, 6.07) is 6.69.